The Kier molecular flexibility index (Phi) is 4.11. The van der Waals surface area contributed by atoms with Crippen LogP contribution < -0.4 is 11.1 Å². The molecule has 0 saturated heterocycles. The van der Waals surface area contributed by atoms with Crippen LogP contribution in [0.1, 0.15) is 26.4 Å². The van der Waals surface area contributed by atoms with E-state index in [1.165, 1.54) is 10.4 Å². The van der Waals surface area contributed by atoms with Gasteiger partial charge in [-0.2, -0.15) is 0 Å². The Balaban J connectivity index is 1.55. The van der Waals surface area contributed by atoms with Gasteiger partial charge in [0.25, 0.3) is 0 Å². The van der Waals surface area contributed by atoms with Crippen LogP contribution in [-0.4, -0.2) is 23.4 Å². The van der Waals surface area contributed by atoms with Crippen molar-refractivity contribution in [3.05, 3.63) is 57.3 Å². The summed E-state index contributed by atoms with van der Waals surface area (Å²) in [5.74, 6) is -0.449. The number of primary amides is 1. The van der Waals surface area contributed by atoms with Gasteiger partial charge in [0.2, 0.25) is 5.91 Å². The quantitative estimate of drug-likeness (QED) is 0.910. The van der Waals surface area contributed by atoms with Gasteiger partial charge in [-0.05, 0) is 41.1 Å². The standard InChI is InChI=1S/C16H17N3O2S/c17-15(20)12-3-1-11(2-4-12)9-18-16(21)19-7-5-14-13(10-19)6-8-22-14/h1-4,6,8H,5,7,9-10H2,(H2,17,20)(H,18,21). The fourth-order valence-electron chi connectivity index (χ4n) is 2.50. The molecule has 3 rings (SSSR count). The van der Waals surface area contributed by atoms with Crippen molar-refractivity contribution in [1.29, 1.82) is 0 Å². The van der Waals surface area contributed by atoms with E-state index in [0.29, 0.717) is 18.7 Å². The average molecular weight is 315 g/mol. The molecule has 22 heavy (non-hydrogen) atoms. The van der Waals surface area contributed by atoms with Crippen LogP contribution in [-0.2, 0) is 19.5 Å². The molecule has 0 fully saturated rings. The Morgan fingerprint density at radius 2 is 2.00 bits per heavy atom. The van der Waals surface area contributed by atoms with E-state index in [9.17, 15) is 9.59 Å². The molecule has 1 aliphatic rings. The highest BCUT2D eigenvalue weighted by atomic mass is 32.1. The van der Waals surface area contributed by atoms with Crippen LogP contribution in [0.25, 0.3) is 0 Å². The Morgan fingerprint density at radius 1 is 1.23 bits per heavy atom. The molecule has 3 N–H and O–H groups in total. The first-order chi connectivity index (χ1) is 10.6. The molecule has 114 valence electrons. The van der Waals surface area contributed by atoms with Crippen LogP contribution in [0.4, 0.5) is 4.79 Å². The van der Waals surface area contributed by atoms with Gasteiger partial charge in [-0.3, -0.25) is 4.79 Å². The van der Waals surface area contributed by atoms with Gasteiger partial charge in [-0.25, -0.2) is 4.79 Å². The zero-order valence-electron chi connectivity index (χ0n) is 12.0. The van der Waals surface area contributed by atoms with E-state index >= 15 is 0 Å². The molecule has 0 radical (unpaired) electrons. The van der Waals surface area contributed by atoms with Crippen molar-refractivity contribution in [2.24, 2.45) is 5.73 Å². The van der Waals surface area contributed by atoms with Gasteiger partial charge in [0.05, 0.1) is 0 Å². The van der Waals surface area contributed by atoms with Gasteiger partial charge in [0.1, 0.15) is 0 Å². The number of nitrogens with zero attached hydrogens (tertiary/aromatic N) is 1. The molecule has 0 spiro atoms. The van der Waals surface area contributed by atoms with E-state index in [1.807, 2.05) is 4.90 Å². The van der Waals surface area contributed by atoms with Crippen molar-refractivity contribution in [3.63, 3.8) is 0 Å². The molecule has 3 amide bonds. The second-order valence-corrected chi connectivity index (χ2v) is 6.26. The van der Waals surface area contributed by atoms with Crippen LogP contribution in [0, 0.1) is 0 Å². The number of hydrogen-bond acceptors (Lipinski definition) is 3. The summed E-state index contributed by atoms with van der Waals surface area (Å²) in [6.07, 6.45) is 0.924. The van der Waals surface area contributed by atoms with Crippen LogP contribution in [0.2, 0.25) is 0 Å². The maximum atomic E-state index is 12.2. The number of carbonyl (C=O) groups excluding carboxylic acids is 2. The second-order valence-electron chi connectivity index (χ2n) is 5.26. The van der Waals surface area contributed by atoms with Crippen LogP contribution in [0.3, 0.4) is 0 Å². The molecule has 1 aromatic heterocycles. The summed E-state index contributed by atoms with van der Waals surface area (Å²) in [4.78, 5) is 26.4. The monoisotopic (exact) mass is 315 g/mol. The molecule has 1 aromatic carbocycles. The molecular weight excluding hydrogens is 298 g/mol. The summed E-state index contributed by atoms with van der Waals surface area (Å²) in [6.45, 7) is 1.86. The minimum absolute atomic E-state index is 0.0594. The molecular formula is C16H17N3O2S. The van der Waals surface area contributed by atoms with E-state index in [0.717, 1.165) is 18.5 Å². The third-order valence-corrected chi connectivity index (χ3v) is 4.80. The fourth-order valence-corrected chi connectivity index (χ4v) is 3.39. The molecule has 2 aromatic rings. The third kappa shape index (κ3) is 3.12. The van der Waals surface area contributed by atoms with E-state index in [1.54, 1.807) is 35.6 Å². The Morgan fingerprint density at radius 3 is 2.73 bits per heavy atom. The van der Waals surface area contributed by atoms with Crippen LogP contribution in [0.15, 0.2) is 35.7 Å². The molecule has 0 atom stereocenters. The molecule has 6 heteroatoms. The number of nitrogens with two attached hydrogens (primary N) is 1. The molecule has 5 nitrogen and oxygen atoms in total. The topological polar surface area (TPSA) is 75.4 Å². The predicted molar refractivity (Wildman–Crippen MR) is 85.6 cm³/mol. The largest absolute Gasteiger partial charge is 0.366 e. The van der Waals surface area contributed by atoms with Crippen molar-refractivity contribution < 1.29 is 9.59 Å². The number of benzene rings is 1. The first kappa shape index (κ1) is 14.6. The third-order valence-electron chi connectivity index (χ3n) is 3.78. The van der Waals surface area contributed by atoms with E-state index < -0.39 is 5.91 Å². The Labute approximate surface area is 132 Å². The second kappa shape index (κ2) is 6.19. The van der Waals surface area contributed by atoms with Gasteiger partial charge in [0.15, 0.2) is 0 Å². The fraction of sp³-hybridized carbons (Fsp3) is 0.250. The lowest BCUT2D eigenvalue weighted by atomic mass is 10.1. The van der Waals surface area contributed by atoms with Gasteiger partial charge < -0.3 is 16.0 Å². The number of nitrogens with one attached hydrogen (secondary N) is 1. The molecule has 0 saturated carbocycles. The number of thiophene rings is 1. The first-order valence-electron chi connectivity index (χ1n) is 7.10. The van der Waals surface area contributed by atoms with Crippen molar-refractivity contribution in [1.82, 2.24) is 10.2 Å². The number of hydrogen-bond donors (Lipinski definition) is 2. The minimum Gasteiger partial charge on any atom is -0.366 e. The van der Waals surface area contributed by atoms with Crippen molar-refractivity contribution in [2.45, 2.75) is 19.5 Å². The number of urea groups is 1. The van der Waals surface area contributed by atoms with Crippen molar-refractivity contribution in [2.75, 3.05) is 6.54 Å². The highest BCUT2D eigenvalue weighted by Crippen LogP contribution is 2.23. The zero-order valence-corrected chi connectivity index (χ0v) is 12.9. The molecule has 0 unspecified atom stereocenters. The van der Waals surface area contributed by atoms with Crippen LogP contribution >= 0.6 is 11.3 Å². The Bertz CT molecular complexity index is 694. The predicted octanol–water partition coefficient (Wildman–Crippen LogP) is 2.11. The van der Waals surface area contributed by atoms with E-state index in [4.69, 9.17) is 5.73 Å². The molecule has 1 aliphatic heterocycles. The summed E-state index contributed by atoms with van der Waals surface area (Å²) in [6, 6.07) is 8.96. The maximum Gasteiger partial charge on any atom is 0.317 e. The highest BCUT2D eigenvalue weighted by molar-refractivity contribution is 7.10. The number of rotatable bonds is 3. The maximum absolute atomic E-state index is 12.2. The Hall–Kier alpha value is -2.34. The summed E-state index contributed by atoms with van der Waals surface area (Å²) >= 11 is 1.76. The summed E-state index contributed by atoms with van der Waals surface area (Å²) in [5.41, 5.74) is 7.85. The smallest absolute Gasteiger partial charge is 0.317 e. The van der Waals surface area contributed by atoms with Gasteiger partial charge in [-0.15, -0.1) is 11.3 Å². The van der Waals surface area contributed by atoms with Gasteiger partial charge in [0, 0.05) is 30.1 Å². The van der Waals surface area contributed by atoms with E-state index in [-0.39, 0.29) is 6.03 Å². The van der Waals surface area contributed by atoms with Gasteiger partial charge in [-0.1, -0.05) is 12.1 Å². The van der Waals surface area contributed by atoms with Crippen molar-refractivity contribution in [3.8, 4) is 0 Å². The molecule has 2 heterocycles. The lowest BCUT2D eigenvalue weighted by Crippen LogP contribution is -2.42. The SMILES string of the molecule is NC(=O)c1ccc(CNC(=O)N2CCc3sccc3C2)cc1. The lowest BCUT2D eigenvalue weighted by Gasteiger charge is -2.27. The van der Waals surface area contributed by atoms with E-state index in [2.05, 4.69) is 16.8 Å². The minimum atomic E-state index is -0.449. The average Bonchev–Trinajstić information content (AvgIpc) is 3.00. The highest BCUT2D eigenvalue weighted by Gasteiger charge is 2.21. The molecule has 0 bridgehead atoms. The summed E-state index contributed by atoms with van der Waals surface area (Å²) in [5, 5.41) is 4.99. The van der Waals surface area contributed by atoms with Gasteiger partial charge >= 0.3 is 6.03 Å². The zero-order chi connectivity index (χ0) is 15.5. The number of amides is 3. The number of fused-ring (bicyclic) bond motifs is 1. The van der Waals surface area contributed by atoms with Crippen molar-refractivity contribution >= 4 is 23.3 Å². The summed E-state index contributed by atoms with van der Waals surface area (Å²) in [7, 11) is 0. The normalized spacial score (nSPS) is 13.5. The molecule has 0 aliphatic carbocycles. The first-order valence-corrected chi connectivity index (χ1v) is 7.98. The summed E-state index contributed by atoms with van der Waals surface area (Å²) < 4.78 is 0. The lowest BCUT2D eigenvalue weighted by molar-refractivity contribution is 0.1000. The van der Waals surface area contributed by atoms with Crippen LogP contribution in [0.5, 0.6) is 0 Å². The number of carbonyl (C=O) groups is 2.